The number of non-ortho nitro benzene ring substituents is 1. The van der Waals surface area contributed by atoms with Gasteiger partial charge >= 0.3 is 0 Å². The van der Waals surface area contributed by atoms with Crippen LogP contribution in [-0.4, -0.2) is 10.9 Å². The van der Waals surface area contributed by atoms with E-state index < -0.39 is 4.92 Å². The lowest BCUT2D eigenvalue weighted by atomic mass is 10.2. The monoisotopic (exact) mass is 195 g/mol. The third kappa shape index (κ3) is 2.74. The molecule has 14 heavy (non-hydrogen) atoms. The fourth-order valence-electron chi connectivity index (χ4n) is 0.875. The first-order valence-electron chi connectivity index (χ1n) is 3.80. The van der Waals surface area contributed by atoms with Gasteiger partial charge in [-0.2, -0.15) is 0 Å². The van der Waals surface area contributed by atoms with Gasteiger partial charge in [0.2, 0.25) is 0 Å². The van der Waals surface area contributed by atoms with Crippen molar-refractivity contribution in [1.29, 1.82) is 5.41 Å². The maximum absolute atomic E-state index is 10.3. The van der Waals surface area contributed by atoms with E-state index in [0.29, 0.717) is 0 Å². The zero-order valence-electron chi connectivity index (χ0n) is 7.27. The molecule has 3 N–H and O–H groups in total. The zero-order chi connectivity index (χ0) is 10.6. The minimum atomic E-state index is -0.477. The van der Waals surface area contributed by atoms with Gasteiger partial charge in [-0.3, -0.25) is 15.5 Å². The van der Waals surface area contributed by atoms with Crippen LogP contribution in [0.3, 0.4) is 0 Å². The average molecular weight is 195 g/mol. The maximum atomic E-state index is 10.3. The smallest absolute Gasteiger partial charge is 0.279 e. The van der Waals surface area contributed by atoms with E-state index in [0.717, 1.165) is 5.56 Å². The molecule has 1 rings (SSSR count). The first kappa shape index (κ1) is 9.97. The van der Waals surface area contributed by atoms with Gasteiger partial charge in [0.05, 0.1) is 4.92 Å². The van der Waals surface area contributed by atoms with Crippen LogP contribution < -0.4 is 5.73 Å². The highest BCUT2D eigenvalue weighted by molar-refractivity contribution is 5.67. The van der Waals surface area contributed by atoms with E-state index in [1.54, 1.807) is 12.1 Å². The lowest BCUT2D eigenvalue weighted by Crippen LogP contribution is -2.13. The molecule has 0 radical (unpaired) electrons. The van der Waals surface area contributed by atoms with E-state index in [9.17, 15) is 10.1 Å². The van der Waals surface area contributed by atoms with Gasteiger partial charge in [0, 0.05) is 12.1 Å². The molecule has 0 heterocycles. The Balaban J connectivity index is 2.64. The molecule has 0 saturated carbocycles. The minimum Gasteiger partial charge on any atom is -0.461 e. The van der Waals surface area contributed by atoms with Crippen molar-refractivity contribution in [2.75, 3.05) is 0 Å². The predicted molar refractivity (Wildman–Crippen MR) is 49.8 cm³/mol. The molecule has 1 aromatic carbocycles. The minimum absolute atomic E-state index is 0.0246. The van der Waals surface area contributed by atoms with Crippen molar-refractivity contribution >= 4 is 11.7 Å². The van der Waals surface area contributed by atoms with Gasteiger partial charge in [-0.15, -0.1) is 0 Å². The third-order valence-corrected chi connectivity index (χ3v) is 1.54. The topological polar surface area (TPSA) is 102 Å². The molecule has 6 nitrogen and oxygen atoms in total. The molecule has 0 aliphatic heterocycles. The summed E-state index contributed by atoms with van der Waals surface area (Å²) in [5, 5.41) is 17.1. The predicted octanol–water partition coefficient (Wildman–Crippen LogP) is 1.00. The van der Waals surface area contributed by atoms with E-state index in [-0.39, 0.29) is 18.3 Å². The largest absolute Gasteiger partial charge is 0.461 e. The van der Waals surface area contributed by atoms with Gasteiger partial charge in [0.25, 0.3) is 11.7 Å². The van der Waals surface area contributed by atoms with Gasteiger partial charge in [-0.05, 0) is 17.7 Å². The van der Waals surface area contributed by atoms with Crippen LogP contribution in [0.4, 0.5) is 5.69 Å². The molecule has 0 aromatic heterocycles. The number of nitro groups is 1. The number of benzene rings is 1. The molecule has 1 aromatic rings. The maximum Gasteiger partial charge on any atom is 0.279 e. The van der Waals surface area contributed by atoms with E-state index in [2.05, 4.69) is 0 Å². The lowest BCUT2D eigenvalue weighted by molar-refractivity contribution is -0.384. The van der Waals surface area contributed by atoms with Crippen molar-refractivity contribution < 1.29 is 9.66 Å². The van der Waals surface area contributed by atoms with Crippen LogP contribution in [0.15, 0.2) is 24.3 Å². The van der Waals surface area contributed by atoms with Crippen molar-refractivity contribution in [3.63, 3.8) is 0 Å². The molecule has 74 valence electrons. The number of nitrogens with one attached hydrogen (secondary N) is 1. The van der Waals surface area contributed by atoms with E-state index in [1.807, 2.05) is 0 Å². The Kier molecular flexibility index (Phi) is 3.01. The molecule has 0 spiro atoms. The summed E-state index contributed by atoms with van der Waals surface area (Å²) in [6.45, 7) is 0.146. The lowest BCUT2D eigenvalue weighted by Gasteiger charge is -2.02. The molecule has 0 atom stereocenters. The summed E-state index contributed by atoms with van der Waals surface area (Å²) in [5.74, 6) is 0. The number of rotatable bonds is 3. The molecular weight excluding hydrogens is 186 g/mol. The molecule has 0 aliphatic carbocycles. The molecule has 0 amide bonds. The summed E-state index contributed by atoms with van der Waals surface area (Å²) in [6, 6.07) is 5.49. The molecule has 0 saturated heterocycles. The van der Waals surface area contributed by atoms with Crippen molar-refractivity contribution in [3.8, 4) is 0 Å². The van der Waals surface area contributed by atoms with E-state index in [1.165, 1.54) is 12.1 Å². The van der Waals surface area contributed by atoms with Crippen molar-refractivity contribution in [2.24, 2.45) is 5.73 Å². The highest BCUT2D eigenvalue weighted by atomic mass is 16.6. The normalized spacial score (nSPS) is 9.43. The highest BCUT2D eigenvalue weighted by Gasteiger charge is 2.03. The number of hydrogen-bond donors (Lipinski definition) is 2. The number of nitro benzene ring substituents is 1. The first-order chi connectivity index (χ1) is 6.59. The van der Waals surface area contributed by atoms with Crippen LogP contribution in [0.25, 0.3) is 0 Å². The van der Waals surface area contributed by atoms with Crippen LogP contribution in [0, 0.1) is 15.5 Å². The Morgan fingerprint density at radius 1 is 1.50 bits per heavy atom. The van der Waals surface area contributed by atoms with Gasteiger partial charge in [0.1, 0.15) is 6.61 Å². The molecule has 0 bridgehead atoms. The van der Waals surface area contributed by atoms with Crippen LogP contribution in [0.1, 0.15) is 5.56 Å². The number of hydrogen-bond acceptors (Lipinski definition) is 4. The number of amidine groups is 1. The summed E-state index contributed by atoms with van der Waals surface area (Å²) in [6.07, 6.45) is 0. The Bertz CT molecular complexity index is 347. The Morgan fingerprint density at radius 3 is 2.50 bits per heavy atom. The molecule has 0 aliphatic rings. The standard InChI is InChI=1S/C8H9N3O3/c9-8(10)14-5-6-1-3-7(4-2-6)11(12)13/h1-4H,5H2,(H3,9,10). The van der Waals surface area contributed by atoms with Crippen LogP contribution in [0.5, 0.6) is 0 Å². The first-order valence-corrected chi connectivity index (χ1v) is 3.80. The summed E-state index contributed by atoms with van der Waals surface area (Å²) in [4.78, 5) is 9.82. The summed E-state index contributed by atoms with van der Waals surface area (Å²) >= 11 is 0. The van der Waals surface area contributed by atoms with Gasteiger partial charge in [0.15, 0.2) is 0 Å². The SMILES string of the molecule is N=C(N)OCc1ccc([N+](=O)[O-])cc1. The van der Waals surface area contributed by atoms with Crippen LogP contribution in [0.2, 0.25) is 0 Å². The van der Waals surface area contributed by atoms with E-state index in [4.69, 9.17) is 15.9 Å². The van der Waals surface area contributed by atoms with Crippen LogP contribution in [-0.2, 0) is 11.3 Å². The Morgan fingerprint density at radius 2 is 2.07 bits per heavy atom. The summed E-state index contributed by atoms with van der Waals surface area (Å²) in [7, 11) is 0. The second-order valence-corrected chi connectivity index (χ2v) is 2.58. The third-order valence-electron chi connectivity index (χ3n) is 1.54. The van der Waals surface area contributed by atoms with Crippen molar-refractivity contribution in [2.45, 2.75) is 6.61 Å². The van der Waals surface area contributed by atoms with Gasteiger partial charge < -0.3 is 10.5 Å². The zero-order valence-corrected chi connectivity index (χ0v) is 7.27. The fourth-order valence-corrected chi connectivity index (χ4v) is 0.875. The number of nitrogens with two attached hydrogens (primary N) is 1. The summed E-state index contributed by atoms with van der Waals surface area (Å²) < 4.78 is 4.72. The number of ether oxygens (including phenoxy) is 1. The van der Waals surface area contributed by atoms with Crippen molar-refractivity contribution in [3.05, 3.63) is 39.9 Å². The molecule has 0 unspecified atom stereocenters. The summed E-state index contributed by atoms with van der Waals surface area (Å²) in [5.41, 5.74) is 5.72. The Labute approximate surface area is 80.0 Å². The highest BCUT2D eigenvalue weighted by Crippen LogP contribution is 2.12. The van der Waals surface area contributed by atoms with E-state index >= 15 is 0 Å². The number of nitrogens with zero attached hydrogens (tertiary/aromatic N) is 1. The molecular formula is C8H9N3O3. The van der Waals surface area contributed by atoms with Gasteiger partial charge in [-0.25, -0.2) is 0 Å². The fraction of sp³-hybridized carbons (Fsp3) is 0.125. The molecule has 6 heteroatoms. The second kappa shape index (κ2) is 4.22. The van der Waals surface area contributed by atoms with Crippen LogP contribution >= 0.6 is 0 Å². The second-order valence-electron chi connectivity index (χ2n) is 2.58. The quantitative estimate of drug-likeness (QED) is 0.325. The average Bonchev–Trinajstić information content (AvgIpc) is 2.15. The van der Waals surface area contributed by atoms with Gasteiger partial charge in [-0.1, -0.05) is 0 Å². The molecule has 0 fully saturated rings. The van der Waals surface area contributed by atoms with Crippen molar-refractivity contribution in [1.82, 2.24) is 0 Å². The Hall–Kier alpha value is -2.11.